The highest BCUT2D eigenvalue weighted by atomic mass is 35.5. The Hall–Kier alpha value is -0.840. The van der Waals surface area contributed by atoms with E-state index in [2.05, 4.69) is 4.98 Å². The molecule has 1 rings (SSSR count). The first-order valence-electron chi connectivity index (χ1n) is 4.89. The predicted molar refractivity (Wildman–Crippen MR) is 61.7 cm³/mol. The van der Waals surface area contributed by atoms with Gasteiger partial charge < -0.3 is 16.2 Å². The van der Waals surface area contributed by atoms with Gasteiger partial charge in [0.2, 0.25) is 0 Å². The van der Waals surface area contributed by atoms with Crippen LogP contribution in [0.1, 0.15) is 24.9 Å². The third kappa shape index (κ3) is 3.66. The first kappa shape index (κ1) is 12.2. The Morgan fingerprint density at radius 3 is 3.00 bits per heavy atom. The van der Waals surface area contributed by atoms with E-state index >= 15 is 0 Å². The second-order valence-electron chi connectivity index (χ2n) is 3.22. The molecule has 0 spiro atoms. The van der Waals surface area contributed by atoms with Crippen LogP contribution in [0.25, 0.3) is 0 Å². The van der Waals surface area contributed by atoms with E-state index in [-0.39, 0.29) is 6.04 Å². The normalized spacial score (nSPS) is 12.7. The SMILES string of the molecule is CCOCCC(N)c1cc(Cl)cnc1N. The van der Waals surface area contributed by atoms with Crippen LogP contribution >= 0.6 is 11.6 Å². The summed E-state index contributed by atoms with van der Waals surface area (Å²) in [7, 11) is 0. The zero-order valence-electron chi connectivity index (χ0n) is 8.74. The van der Waals surface area contributed by atoms with Gasteiger partial charge >= 0.3 is 0 Å². The van der Waals surface area contributed by atoms with E-state index < -0.39 is 0 Å². The molecule has 1 aromatic heterocycles. The number of anilines is 1. The van der Waals surface area contributed by atoms with Crippen molar-refractivity contribution in [2.24, 2.45) is 5.73 Å². The van der Waals surface area contributed by atoms with E-state index in [4.69, 9.17) is 27.8 Å². The predicted octanol–water partition coefficient (Wildman–Crippen LogP) is 1.74. The number of hydrogen-bond acceptors (Lipinski definition) is 4. The summed E-state index contributed by atoms with van der Waals surface area (Å²) in [6.45, 7) is 3.25. The molecule has 1 aromatic rings. The summed E-state index contributed by atoms with van der Waals surface area (Å²) >= 11 is 5.82. The summed E-state index contributed by atoms with van der Waals surface area (Å²) in [6.07, 6.45) is 2.22. The molecule has 0 radical (unpaired) electrons. The minimum absolute atomic E-state index is 0.178. The average molecular weight is 230 g/mol. The lowest BCUT2D eigenvalue weighted by atomic mass is 10.1. The molecule has 1 unspecified atom stereocenters. The second-order valence-corrected chi connectivity index (χ2v) is 3.66. The molecule has 4 nitrogen and oxygen atoms in total. The Labute approximate surface area is 94.6 Å². The van der Waals surface area contributed by atoms with Crippen molar-refractivity contribution in [3.05, 3.63) is 22.8 Å². The van der Waals surface area contributed by atoms with Gasteiger partial charge in [0.1, 0.15) is 5.82 Å². The summed E-state index contributed by atoms with van der Waals surface area (Å²) in [5.74, 6) is 0.434. The summed E-state index contributed by atoms with van der Waals surface area (Å²) in [5.41, 5.74) is 12.4. The zero-order chi connectivity index (χ0) is 11.3. The Bertz CT molecular complexity index is 320. The molecule has 0 saturated heterocycles. The van der Waals surface area contributed by atoms with Crippen molar-refractivity contribution in [2.75, 3.05) is 18.9 Å². The number of aromatic nitrogens is 1. The summed E-state index contributed by atoms with van der Waals surface area (Å²) in [4.78, 5) is 3.95. The minimum atomic E-state index is -0.178. The van der Waals surface area contributed by atoms with Crippen LogP contribution in [-0.2, 0) is 4.74 Å². The standard InChI is InChI=1S/C10H16ClN3O/c1-2-15-4-3-9(12)8-5-7(11)6-14-10(8)13/h5-6,9H,2-4,12H2,1H3,(H2,13,14). The van der Waals surface area contributed by atoms with Crippen molar-refractivity contribution in [3.63, 3.8) is 0 Å². The van der Waals surface area contributed by atoms with Crippen LogP contribution in [0.2, 0.25) is 5.02 Å². The van der Waals surface area contributed by atoms with Crippen LogP contribution in [0.4, 0.5) is 5.82 Å². The Balaban J connectivity index is 2.64. The third-order valence-corrected chi connectivity index (χ3v) is 2.30. The monoisotopic (exact) mass is 229 g/mol. The van der Waals surface area contributed by atoms with Crippen molar-refractivity contribution >= 4 is 17.4 Å². The summed E-state index contributed by atoms with van der Waals surface area (Å²) in [6, 6.07) is 1.57. The van der Waals surface area contributed by atoms with Crippen molar-refractivity contribution < 1.29 is 4.74 Å². The van der Waals surface area contributed by atoms with Gasteiger partial charge in [0.15, 0.2) is 0 Å². The Morgan fingerprint density at radius 1 is 1.60 bits per heavy atom. The van der Waals surface area contributed by atoms with Gasteiger partial charge in [-0.05, 0) is 19.4 Å². The average Bonchev–Trinajstić information content (AvgIpc) is 2.22. The molecule has 1 atom stereocenters. The lowest BCUT2D eigenvalue weighted by molar-refractivity contribution is 0.140. The van der Waals surface area contributed by atoms with Crippen LogP contribution in [-0.4, -0.2) is 18.2 Å². The largest absolute Gasteiger partial charge is 0.383 e. The van der Waals surface area contributed by atoms with E-state index in [9.17, 15) is 0 Å². The molecule has 0 aliphatic carbocycles. The number of nitrogens with two attached hydrogens (primary N) is 2. The molecule has 4 N–H and O–H groups in total. The number of ether oxygens (including phenoxy) is 1. The molecule has 15 heavy (non-hydrogen) atoms. The van der Waals surface area contributed by atoms with Gasteiger partial charge in [-0.3, -0.25) is 0 Å². The first-order chi connectivity index (χ1) is 7.15. The number of halogens is 1. The van der Waals surface area contributed by atoms with Gasteiger partial charge in [0.25, 0.3) is 0 Å². The van der Waals surface area contributed by atoms with E-state index in [0.717, 1.165) is 5.56 Å². The molecule has 0 bridgehead atoms. The molecular weight excluding hydrogens is 214 g/mol. The number of rotatable bonds is 5. The van der Waals surface area contributed by atoms with Crippen LogP contribution in [0.15, 0.2) is 12.3 Å². The maximum atomic E-state index is 5.95. The number of nitrogen functional groups attached to an aromatic ring is 1. The lowest BCUT2D eigenvalue weighted by Gasteiger charge is -2.13. The quantitative estimate of drug-likeness (QED) is 0.755. The fourth-order valence-electron chi connectivity index (χ4n) is 1.27. The molecule has 0 aliphatic heterocycles. The van der Waals surface area contributed by atoms with Crippen LogP contribution in [0.5, 0.6) is 0 Å². The Kier molecular flexibility index (Phi) is 4.81. The smallest absolute Gasteiger partial charge is 0.128 e. The van der Waals surface area contributed by atoms with Gasteiger partial charge in [-0.1, -0.05) is 11.6 Å². The molecular formula is C10H16ClN3O. The highest BCUT2D eigenvalue weighted by molar-refractivity contribution is 6.30. The van der Waals surface area contributed by atoms with E-state index in [1.165, 1.54) is 6.20 Å². The van der Waals surface area contributed by atoms with Crippen LogP contribution < -0.4 is 11.5 Å². The van der Waals surface area contributed by atoms with Gasteiger partial charge in [-0.2, -0.15) is 0 Å². The van der Waals surface area contributed by atoms with Crippen molar-refractivity contribution in [1.82, 2.24) is 4.98 Å². The van der Waals surface area contributed by atoms with Crippen molar-refractivity contribution in [2.45, 2.75) is 19.4 Å². The molecule has 0 aromatic carbocycles. The number of pyridine rings is 1. The van der Waals surface area contributed by atoms with Crippen LogP contribution in [0, 0.1) is 0 Å². The summed E-state index contributed by atoms with van der Waals surface area (Å²) in [5, 5.41) is 0.547. The van der Waals surface area contributed by atoms with Gasteiger partial charge in [0.05, 0.1) is 5.02 Å². The third-order valence-electron chi connectivity index (χ3n) is 2.09. The molecule has 0 saturated carbocycles. The minimum Gasteiger partial charge on any atom is -0.383 e. The molecule has 0 fully saturated rings. The van der Waals surface area contributed by atoms with Crippen LogP contribution in [0.3, 0.4) is 0 Å². The molecule has 1 heterocycles. The Morgan fingerprint density at radius 2 is 2.33 bits per heavy atom. The van der Waals surface area contributed by atoms with Gasteiger partial charge in [-0.25, -0.2) is 4.98 Å². The maximum absolute atomic E-state index is 5.95. The summed E-state index contributed by atoms with van der Waals surface area (Å²) < 4.78 is 5.22. The molecule has 84 valence electrons. The van der Waals surface area contributed by atoms with Gasteiger partial charge in [-0.15, -0.1) is 0 Å². The fraction of sp³-hybridized carbons (Fsp3) is 0.500. The molecule has 5 heteroatoms. The molecule has 0 amide bonds. The van der Waals surface area contributed by atoms with E-state index in [1.807, 2.05) is 6.92 Å². The highest BCUT2D eigenvalue weighted by Gasteiger charge is 2.10. The lowest BCUT2D eigenvalue weighted by Crippen LogP contribution is -2.15. The fourth-order valence-corrected chi connectivity index (χ4v) is 1.44. The van der Waals surface area contributed by atoms with Crippen molar-refractivity contribution in [3.8, 4) is 0 Å². The topological polar surface area (TPSA) is 74.2 Å². The van der Waals surface area contributed by atoms with E-state index in [1.54, 1.807) is 6.07 Å². The highest BCUT2D eigenvalue weighted by Crippen LogP contribution is 2.22. The maximum Gasteiger partial charge on any atom is 0.128 e. The van der Waals surface area contributed by atoms with Gasteiger partial charge in [0, 0.05) is 31.0 Å². The number of nitrogens with zero attached hydrogens (tertiary/aromatic N) is 1. The second kappa shape index (κ2) is 5.90. The van der Waals surface area contributed by atoms with Crippen molar-refractivity contribution in [1.29, 1.82) is 0 Å². The first-order valence-corrected chi connectivity index (χ1v) is 5.27. The zero-order valence-corrected chi connectivity index (χ0v) is 9.50. The molecule has 0 aliphatic rings. The van der Waals surface area contributed by atoms with E-state index in [0.29, 0.717) is 30.5 Å². The number of hydrogen-bond donors (Lipinski definition) is 2.